The largest absolute Gasteiger partial charge is 0.396 e. The number of rotatable bonds is 9. The summed E-state index contributed by atoms with van der Waals surface area (Å²) >= 11 is 0. The van der Waals surface area contributed by atoms with Crippen LogP contribution in [0.1, 0.15) is 19.8 Å². The van der Waals surface area contributed by atoms with E-state index in [4.69, 9.17) is 0 Å². The second kappa shape index (κ2) is 14.8. The van der Waals surface area contributed by atoms with Crippen molar-refractivity contribution in [2.45, 2.75) is 19.8 Å². The summed E-state index contributed by atoms with van der Waals surface area (Å²) in [6.45, 7) is 2.51. The van der Waals surface area contributed by atoms with Gasteiger partial charge in [0.05, 0.1) is 0 Å². The van der Waals surface area contributed by atoms with Crippen LogP contribution in [-0.4, -0.2) is 24.0 Å². The van der Waals surface area contributed by atoms with E-state index in [9.17, 15) is 5.11 Å². The topological polar surface area (TPSA) is 20.2 Å². The molecule has 1 N–H and O–H groups in total. The van der Waals surface area contributed by atoms with Gasteiger partial charge >= 0.3 is 0 Å². The molecule has 1 nitrogen and oxygen atoms in total. The summed E-state index contributed by atoms with van der Waals surface area (Å²) in [6, 6.07) is 42.8. The highest BCUT2D eigenvalue weighted by molar-refractivity contribution is 7.73. The van der Waals surface area contributed by atoms with Gasteiger partial charge in [-0.25, -0.2) is 0 Å². The molecule has 0 atom stereocenters. The molecule has 0 saturated heterocycles. The minimum Gasteiger partial charge on any atom is -0.396 e. The Kier molecular flexibility index (Phi) is 11.3. The lowest BCUT2D eigenvalue weighted by Crippen LogP contribution is -2.15. The van der Waals surface area contributed by atoms with Gasteiger partial charge < -0.3 is 5.11 Å². The second-order valence-corrected chi connectivity index (χ2v) is 12.4. The Morgan fingerprint density at radius 3 is 1.06 bits per heavy atom. The van der Waals surface area contributed by atoms with Gasteiger partial charge in [-0.05, 0) is 55.8 Å². The number of hydrogen-bond acceptors (Lipinski definition) is 1. The standard InChI is InChI=1S/C16H19P.C14H15OP/c1-2-3-14-17(15-10-6-4-7-11-15)16-12-8-5-9-13-16;15-11-12-16(13-7-3-1-4-8-13)14-9-5-2-6-10-14/h4-13H,2-3,14H2,1H3;1-10,15H,11-12H2. The van der Waals surface area contributed by atoms with Gasteiger partial charge in [-0.1, -0.05) is 135 Å². The van der Waals surface area contributed by atoms with Gasteiger partial charge in [-0.3, -0.25) is 0 Å². The Morgan fingerprint density at radius 2 is 0.788 bits per heavy atom. The van der Waals surface area contributed by atoms with E-state index in [0.717, 1.165) is 6.16 Å². The first-order valence-electron chi connectivity index (χ1n) is 11.7. The highest BCUT2D eigenvalue weighted by Crippen LogP contribution is 2.34. The molecule has 0 heterocycles. The fourth-order valence-corrected chi connectivity index (χ4v) is 8.25. The van der Waals surface area contributed by atoms with Gasteiger partial charge in [0.25, 0.3) is 0 Å². The average Bonchev–Trinajstić information content (AvgIpc) is 2.90. The lowest BCUT2D eigenvalue weighted by molar-refractivity contribution is 0.322. The van der Waals surface area contributed by atoms with Crippen LogP contribution in [0.5, 0.6) is 0 Å². The summed E-state index contributed by atoms with van der Waals surface area (Å²) in [6.07, 6.45) is 4.73. The lowest BCUT2D eigenvalue weighted by atomic mass is 10.4. The van der Waals surface area contributed by atoms with E-state index in [1.807, 2.05) is 12.1 Å². The van der Waals surface area contributed by atoms with E-state index >= 15 is 0 Å². The van der Waals surface area contributed by atoms with Crippen molar-refractivity contribution in [1.29, 1.82) is 0 Å². The maximum Gasteiger partial charge on any atom is 0.0476 e. The van der Waals surface area contributed by atoms with Crippen LogP contribution in [0, 0.1) is 0 Å². The van der Waals surface area contributed by atoms with E-state index in [0.29, 0.717) is 0 Å². The summed E-state index contributed by atoms with van der Waals surface area (Å²) in [7, 11) is -0.558. The zero-order valence-corrected chi connectivity index (χ0v) is 21.2. The number of aliphatic hydroxyl groups is 1. The van der Waals surface area contributed by atoms with Crippen LogP contribution in [0.3, 0.4) is 0 Å². The number of benzene rings is 4. The first-order valence-corrected chi connectivity index (χ1v) is 14.7. The first-order chi connectivity index (χ1) is 16.3. The second-order valence-electron chi connectivity index (χ2n) is 7.72. The molecule has 0 spiro atoms. The van der Waals surface area contributed by atoms with Crippen LogP contribution < -0.4 is 21.2 Å². The van der Waals surface area contributed by atoms with Crippen molar-refractivity contribution in [3.8, 4) is 0 Å². The van der Waals surface area contributed by atoms with Gasteiger partial charge in [0.1, 0.15) is 0 Å². The highest BCUT2D eigenvalue weighted by Gasteiger charge is 2.12. The van der Waals surface area contributed by atoms with Gasteiger partial charge in [0.15, 0.2) is 0 Å². The Balaban J connectivity index is 0.000000186. The predicted molar refractivity (Wildman–Crippen MR) is 150 cm³/mol. The van der Waals surface area contributed by atoms with Crippen molar-refractivity contribution < 1.29 is 5.11 Å². The molecule has 4 aromatic rings. The SMILES string of the molecule is CCCCP(c1ccccc1)c1ccccc1.OCCP(c1ccccc1)c1ccccc1. The van der Waals surface area contributed by atoms with E-state index in [2.05, 4.69) is 116 Å². The molecule has 3 heteroatoms. The third-order valence-corrected chi connectivity index (χ3v) is 10.4. The van der Waals surface area contributed by atoms with Crippen LogP contribution in [0.4, 0.5) is 0 Å². The van der Waals surface area contributed by atoms with Crippen molar-refractivity contribution in [1.82, 2.24) is 0 Å². The zero-order chi connectivity index (χ0) is 23.1. The minimum absolute atomic E-state index is 0.157. The predicted octanol–water partition coefficient (Wildman–Crippen LogP) is 6.03. The monoisotopic (exact) mass is 472 g/mol. The van der Waals surface area contributed by atoms with Gasteiger partial charge in [-0.15, -0.1) is 0 Å². The summed E-state index contributed by atoms with van der Waals surface area (Å²) in [4.78, 5) is 0. The van der Waals surface area contributed by atoms with Gasteiger partial charge in [-0.2, -0.15) is 0 Å². The maximum atomic E-state index is 9.18. The minimum atomic E-state index is -0.401. The van der Waals surface area contributed by atoms with Crippen LogP contribution in [0.25, 0.3) is 0 Å². The van der Waals surface area contributed by atoms with E-state index in [-0.39, 0.29) is 14.5 Å². The van der Waals surface area contributed by atoms with Crippen molar-refractivity contribution in [2.75, 3.05) is 18.9 Å². The molecule has 0 saturated carbocycles. The van der Waals surface area contributed by atoms with Crippen LogP contribution >= 0.6 is 15.8 Å². The molecule has 0 aliphatic heterocycles. The Labute approximate surface area is 202 Å². The van der Waals surface area contributed by atoms with Crippen molar-refractivity contribution in [3.63, 3.8) is 0 Å². The highest BCUT2D eigenvalue weighted by atomic mass is 31.1. The fourth-order valence-electron chi connectivity index (χ4n) is 3.66. The van der Waals surface area contributed by atoms with Gasteiger partial charge in [0, 0.05) is 6.61 Å². The number of aliphatic hydroxyl groups excluding tert-OH is 1. The number of hydrogen-bond donors (Lipinski definition) is 1. The van der Waals surface area contributed by atoms with Crippen molar-refractivity contribution >= 4 is 37.1 Å². The van der Waals surface area contributed by atoms with Crippen LogP contribution in [-0.2, 0) is 0 Å². The first kappa shape index (κ1) is 25.3. The van der Waals surface area contributed by atoms with Crippen LogP contribution in [0.2, 0.25) is 0 Å². The average molecular weight is 473 g/mol. The maximum absolute atomic E-state index is 9.18. The molecule has 0 radical (unpaired) electrons. The Bertz CT molecular complexity index is 929. The summed E-state index contributed by atoms with van der Waals surface area (Å²) < 4.78 is 0. The summed E-state index contributed by atoms with van der Waals surface area (Å²) in [5.41, 5.74) is 0. The molecule has 170 valence electrons. The smallest absolute Gasteiger partial charge is 0.0476 e. The fraction of sp³-hybridized carbons (Fsp3) is 0.200. The Hall–Kier alpha value is -2.30. The lowest BCUT2D eigenvalue weighted by Gasteiger charge is -2.18. The van der Waals surface area contributed by atoms with Crippen molar-refractivity contribution in [3.05, 3.63) is 121 Å². The summed E-state index contributed by atoms with van der Waals surface area (Å²) in [5, 5.41) is 14.8. The molecular weight excluding hydrogens is 438 g/mol. The molecule has 0 unspecified atom stereocenters. The van der Waals surface area contributed by atoms with Crippen LogP contribution in [0.15, 0.2) is 121 Å². The molecule has 33 heavy (non-hydrogen) atoms. The molecule has 0 fully saturated rings. The molecule has 0 bridgehead atoms. The molecular formula is C30H34OP2. The van der Waals surface area contributed by atoms with E-state index in [1.165, 1.54) is 40.2 Å². The summed E-state index contributed by atoms with van der Waals surface area (Å²) in [5.74, 6) is 0. The third kappa shape index (κ3) is 8.21. The molecule has 0 aliphatic rings. The van der Waals surface area contributed by atoms with Crippen molar-refractivity contribution in [2.24, 2.45) is 0 Å². The quantitative estimate of drug-likeness (QED) is 0.295. The molecule has 0 amide bonds. The van der Waals surface area contributed by atoms with E-state index < -0.39 is 7.92 Å². The van der Waals surface area contributed by atoms with Gasteiger partial charge in [0.2, 0.25) is 0 Å². The zero-order valence-electron chi connectivity index (χ0n) is 19.4. The molecule has 0 aliphatic carbocycles. The third-order valence-electron chi connectivity index (χ3n) is 5.33. The number of unbranched alkanes of at least 4 members (excludes halogenated alkanes) is 1. The molecule has 0 aromatic heterocycles. The normalized spacial score (nSPS) is 10.7. The Morgan fingerprint density at radius 1 is 0.485 bits per heavy atom. The van der Waals surface area contributed by atoms with E-state index in [1.54, 1.807) is 0 Å². The molecule has 4 rings (SSSR count). The molecule has 4 aromatic carbocycles.